The number of carbonyl (C=O) groups is 2. The van der Waals surface area contributed by atoms with Crippen LogP contribution in [0.15, 0.2) is 24.3 Å². The highest BCUT2D eigenvalue weighted by Gasteiger charge is 2.43. The average Bonchev–Trinajstić information content (AvgIpc) is 2.55. The van der Waals surface area contributed by atoms with E-state index in [1.165, 1.54) is 13.2 Å². The number of amides is 1. The number of nitrogens with zero attached hydrogens (tertiary/aromatic N) is 1. The molecule has 2 atom stereocenters. The third kappa shape index (κ3) is 3.93. The molecule has 24 heavy (non-hydrogen) atoms. The summed E-state index contributed by atoms with van der Waals surface area (Å²) < 4.78 is 18.9. The number of ether oxygens (including phenoxy) is 1. The van der Waals surface area contributed by atoms with Crippen LogP contribution in [-0.2, 0) is 14.3 Å². The van der Waals surface area contributed by atoms with Crippen LogP contribution in [0.25, 0.3) is 0 Å². The fourth-order valence-electron chi connectivity index (χ4n) is 3.35. The van der Waals surface area contributed by atoms with Crippen molar-refractivity contribution in [2.75, 3.05) is 26.8 Å². The Kier molecular flexibility index (Phi) is 5.94. The van der Waals surface area contributed by atoms with Crippen molar-refractivity contribution in [3.63, 3.8) is 0 Å². The third-order valence-electron chi connectivity index (χ3n) is 4.72. The lowest BCUT2D eigenvalue weighted by atomic mass is 9.80. The third-order valence-corrected chi connectivity index (χ3v) is 4.72. The number of hydrogen-bond donors (Lipinski definition) is 1. The maximum atomic E-state index is 13.8. The molecule has 1 amide bonds. The van der Waals surface area contributed by atoms with E-state index in [-0.39, 0.29) is 37.2 Å². The van der Waals surface area contributed by atoms with E-state index in [2.05, 4.69) is 0 Å². The maximum absolute atomic E-state index is 13.8. The number of carboxylic acid groups (broad SMARTS) is 1. The van der Waals surface area contributed by atoms with Gasteiger partial charge in [-0.2, -0.15) is 0 Å². The van der Waals surface area contributed by atoms with E-state index in [1.807, 2.05) is 0 Å². The van der Waals surface area contributed by atoms with Crippen molar-refractivity contribution in [1.29, 1.82) is 0 Å². The Morgan fingerprint density at radius 1 is 1.42 bits per heavy atom. The summed E-state index contributed by atoms with van der Waals surface area (Å²) in [5, 5.41) is 9.55. The van der Waals surface area contributed by atoms with Crippen LogP contribution in [0, 0.1) is 11.2 Å². The van der Waals surface area contributed by atoms with Crippen LogP contribution in [0.4, 0.5) is 4.39 Å². The van der Waals surface area contributed by atoms with Crippen molar-refractivity contribution in [3.05, 3.63) is 35.6 Å². The van der Waals surface area contributed by atoms with Crippen LogP contribution in [0.5, 0.6) is 0 Å². The number of benzene rings is 1. The standard InChI is InChI=1S/C18H24FNO4/c1-13(14-6-3-4-7-15(14)19)10-16(21)20-9-5-8-18(11-20,12-24-2)17(22)23/h3-4,6-7,13H,5,8-12H2,1-2H3,(H,22,23). The molecule has 1 heterocycles. The number of aliphatic carboxylic acids is 1. The Bertz CT molecular complexity index is 602. The molecule has 6 heteroatoms. The first kappa shape index (κ1) is 18.4. The monoisotopic (exact) mass is 337 g/mol. The summed E-state index contributed by atoms with van der Waals surface area (Å²) in [6, 6.07) is 6.42. The Labute approximate surface area is 141 Å². The van der Waals surface area contributed by atoms with E-state index < -0.39 is 11.4 Å². The van der Waals surface area contributed by atoms with Crippen molar-refractivity contribution >= 4 is 11.9 Å². The highest BCUT2D eigenvalue weighted by atomic mass is 19.1. The fourth-order valence-corrected chi connectivity index (χ4v) is 3.35. The molecule has 1 N–H and O–H groups in total. The van der Waals surface area contributed by atoms with Crippen LogP contribution in [-0.4, -0.2) is 48.7 Å². The van der Waals surface area contributed by atoms with Gasteiger partial charge in [-0.1, -0.05) is 25.1 Å². The van der Waals surface area contributed by atoms with Crippen LogP contribution >= 0.6 is 0 Å². The molecule has 0 saturated carbocycles. The molecule has 2 unspecified atom stereocenters. The predicted molar refractivity (Wildman–Crippen MR) is 87.2 cm³/mol. The van der Waals surface area contributed by atoms with E-state index in [0.29, 0.717) is 24.9 Å². The van der Waals surface area contributed by atoms with Gasteiger partial charge < -0.3 is 14.7 Å². The van der Waals surface area contributed by atoms with E-state index in [9.17, 15) is 19.1 Å². The van der Waals surface area contributed by atoms with Gasteiger partial charge in [-0.05, 0) is 30.4 Å². The summed E-state index contributed by atoms with van der Waals surface area (Å²) >= 11 is 0. The van der Waals surface area contributed by atoms with Gasteiger partial charge in [0.25, 0.3) is 0 Å². The first-order valence-corrected chi connectivity index (χ1v) is 8.14. The first-order chi connectivity index (χ1) is 11.4. The number of likely N-dealkylation sites (tertiary alicyclic amines) is 1. The van der Waals surface area contributed by atoms with Gasteiger partial charge in [0.15, 0.2) is 0 Å². The number of rotatable bonds is 6. The summed E-state index contributed by atoms with van der Waals surface area (Å²) in [5.41, 5.74) is -0.548. The van der Waals surface area contributed by atoms with Gasteiger partial charge in [-0.3, -0.25) is 9.59 Å². The topological polar surface area (TPSA) is 66.8 Å². The van der Waals surface area contributed by atoms with Crippen LogP contribution in [0.3, 0.4) is 0 Å². The van der Waals surface area contributed by atoms with E-state index in [0.717, 1.165) is 0 Å². The Balaban J connectivity index is 2.06. The Morgan fingerprint density at radius 3 is 2.75 bits per heavy atom. The highest BCUT2D eigenvalue weighted by Crippen LogP contribution is 2.32. The van der Waals surface area contributed by atoms with Crippen molar-refractivity contribution < 1.29 is 23.8 Å². The van der Waals surface area contributed by atoms with Crippen LogP contribution in [0.1, 0.15) is 37.7 Å². The number of carbonyl (C=O) groups excluding carboxylic acids is 1. The molecular weight excluding hydrogens is 313 g/mol. The van der Waals surface area contributed by atoms with Gasteiger partial charge >= 0.3 is 5.97 Å². The molecular formula is C18H24FNO4. The summed E-state index contributed by atoms with van der Waals surface area (Å²) in [6.45, 7) is 2.55. The normalized spacial score (nSPS) is 22.2. The molecule has 0 spiro atoms. The molecule has 1 saturated heterocycles. The number of halogens is 1. The maximum Gasteiger partial charge on any atom is 0.313 e. The second-order valence-electron chi connectivity index (χ2n) is 6.56. The zero-order valence-corrected chi connectivity index (χ0v) is 14.1. The van der Waals surface area contributed by atoms with Crippen LogP contribution in [0.2, 0.25) is 0 Å². The van der Waals surface area contributed by atoms with Crippen molar-refractivity contribution in [3.8, 4) is 0 Å². The average molecular weight is 337 g/mol. The van der Waals surface area contributed by atoms with Gasteiger partial charge in [0.1, 0.15) is 11.2 Å². The lowest BCUT2D eigenvalue weighted by molar-refractivity contribution is -0.159. The summed E-state index contributed by atoms with van der Waals surface area (Å²) in [5.74, 6) is -1.67. The molecule has 1 fully saturated rings. The van der Waals surface area contributed by atoms with Crippen LogP contribution < -0.4 is 0 Å². The molecule has 5 nitrogen and oxygen atoms in total. The molecule has 0 radical (unpaired) electrons. The highest BCUT2D eigenvalue weighted by molar-refractivity contribution is 5.80. The molecule has 132 valence electrons. The number of methoxy groups -OCH3 is 1. The molecule has 1 aromatic carbocycles. The first-order valence-electron chi connectivity index (χ1n) is 8.14. The molecule has 1 aliphatic heterocycles. The number of piperidine rings is 1. The van der Waals surface area contributed by atoms with E-state index >= 15 is 0 Å². The van der Waals surface area contributed by atoms with Crippen molar-refractivity contribution in [2.45, 2.75) is 32.1 Å². The van der Waals surface area contributed by atoms with Gasteiger partial charge in [0, 0.05) is 26.6 Å². The Hall–Kier alpha value is -1.95. The van der Waals surface area contributed by atoms with Gasteiger partial charge in [-0.15, -0.1) is 0 Å². The van der Waals surface area contributed by atoms with E-state index in [4.69, 9.17) is 4.74 Å². The summed E-state index contributed by atoms with van der Waals surface area (Å²) in [6.07, 6.45) is 1.27. The molecule has 1 aliphatic rings. The smallest absolute Gasteiger partial charge is 0.313 e. The van der Waals surface area contributed by atoms with Gasteiger partial charge in [0.2, 0.25) is 5.91 Å². The predicted octanol–water partition coefficient (Wildman–Crippen LogP) is 2.66. The van der Waals surface area contributed by atoms with Crippen molar-refractivity contribution in [2.24, 2.45) is 5.41 Å². The quantitative estimate of drug-likeness (QED) is 0.867. The number of carboxylic acids is 1. The second kappa shape index (κ2) is 7.75. The molecule has 0 aliphatic carbocycles. The van der Waals surface area contributed by atoms with E-state index in [1.54, 1.807) is 30.0 Å². The number of hydrogen-bond acceptors (Lipinski definition) is 3. The minimum Gasteiger partial charge on any atom is -0.481 e. The summed E-state index contributed by atoms with van der Waals surface area (Å²) in [7, 11) is 1.46. The summed E-state index contributed by atoms with van der Waals surface area (Å²) in [4.78, 5) is 25.8. The minimum atomic E-state index is -1.05. The lowest BCUT2D eigenvalue weighted by Crippen LogP contribution is -2.52. The molecule has 0 bridgehead atoms. The Morgan fingerprint density at radius 2 is 2.12 bits per heavy atom. The van der Waals surface area contributed by atoms with Gasteiger partial charge in [-0.25, -0.2) is 4.39 Å². The SMILES string of the molecule is COCC1(C(=O)O)CCCN(C(=O)CC(C)c2ccccc2F)C1. The lowest BCUT2D eigenvalue weighted by Gasteiger charge is -2.39. The van der Waals surface area contributed by atoms with Crippen molar-refractivity contribution in [1.82, 2.24) is 4.90 Å². The zero-order chi connectivity index (χ0) is 17.7. The molecule has 1 aromatic rings. The minimum absolute atomic E-state index is 0.0784. The molecule has 2 rings (SSSR count). The largest absolute Gasteiger partial charge is 0.481 e. The molecule has 0 aromatic heterocycles. The van der Waals surface area contributed by atoms with Gasteiger partial charge in [0.05, 0.1) is 6.61 Å². The fraction of sp³-hybridized carbons (Fsp3) is 0.556. The second-order valence-corrected chi connectivity index (χ2v) is 6.56. The zero-order valence-electron chi connectivity index (χ0n) is 14.1.